The number of methoxy groups -OCH3 is 3. The van der Waals surface area contributed by atoms with Gasteiger partial charge < -0.3 is 23.8 Å². The van der Waals surface area contributed by atoms with E-state index in [-0.39, 0.29) is 23.3 Å². The molecule has 1 aliphatic rings. The van der Waals surface area contributed by atoms with E-state index in [4.69, 9.17) is 42.8 Å². The van der Waals surface area contributed by atoms with Crippen molar-refractivity contribution in [3.8, 4) is 17.2 Å². The van der Waals surface area contributed by atoms with E-state index in [1.165, 1.54) is 24.0 Å². The van der Waals surface area contributed by atoms with Crippen LogP contribution in [0.4, 0.5) is 5.69 Å². The largest absolute Gasteiger partial charge is 0.497 e. The van der Waals surface area contributed by atoms with Gasteiger partial charge in [0, 0.05) is 5.02 Å². The Morgan fingerprint density at radius 2 is 1.66 bits per heavy atom. The fraction of sp³-hybridized carbons (Fsp3) is 0.179. The van der Waals surface area contributed by atoms with Gasteiger partial charge in [-0.05, 0) is 78.0 Å². The van der Waals surface area contributed by atoms with Crippen molar-refractivity contribution in [1.82, 2.24) is 4.90 Å². The minimum Gasteiger partial charge on any atom is -0.497 e. The molecule has 0 saturated carbocycles. The number of esters is 1. The molecular formula is C28H25ClN2O6S. The van der Waals surface area contributed by atoms with Gasteiger partial charge in [0.2, 0.25) is 0 Å². The Balaban J connectivity index is 1.63. The topological polar surface area (TPSA) is 77.5 Å². The Hall–Kier alpha value is -4.08. The molecule has 0 aromatic heterocycles. The molecular weight excluding hydrogens is 528 g/mol. The maximum Gasteiger partial charge on any atom is 0.325 e. The maximum atomic E-state index is 13.5. The normalized spacial score (nSPS) is 14.2. The lowest BCUT2D eigenvalue weighted by Gasteiger charge is -2.19. The van der Waals surface area contributed by atoms with Gasteiger partial charge in [0.1, 0.15) is 24.6 Å². The molecule has 4 rings (SSSR count). The first-order chi connectivity index (χ1) is 18.3. The average molecular weight is 553 g/mol. The van der Waals surface area contributed by atoms with Crippen LogP contribution >= 0.6 is 23.8 Å². The molecule has 1 heterocycles. The maximum absolute atomic E-state index is 13.5. The average Bonchev–Trinajstić information content (AvgIpc) is 3.16. The minimum atomic E-state index is -0.536. The zero-order valence-electron chi connectivity index (χ0n) is 21.0. The number of rotatable bonds is 9. The first kappa shape index (κ1) is 27.0. The standard InChI is InChI=1S/C28H25ClN2O6S/c1-34-22-11-9-21(10-12-22)31-27(33)23(30(28(31)38)16-26(32)36-3)14-19-6-13-24(25(15-19)35-2)37-17-18-4-7-20(29)8-5-18/h4-15H,16-17H2,1-3H3/b23-14-. The lowest BCUT2D eigenvalue weighted by molar-refractivity contribution is -0.140. The lowest BCUT2D eigenvalue weighted by atomic mass is 10.1. The van der Waals surface area contributed by atoms with Crippen LogP contribution in [-0.4, -0.2) is 49.8 Å². The van der Waals surface area contributed by atoms with E-state index in [9.17, 15) is 9.59 Å². The molecule has 0 spiro atoms. The SMILES string of the molecule is COC(=O)CN1C(=S)N(c2ccc(OC)cc2)C(=O)/C1=C/c1ccc(OCc2ccc(Cl)cc2)c(OC)c1. The summed E-state index contributed by atoms with van der Waals surface area (Å²) in [6.45, 7) is 0.101. The van der Waals surface area contributed by atoms with E-state index < -0.39 is 5.97 Å². The summed E-state index contributed by atoms with van der Waals surface area (Å²) in [5.41, 5.74) is 2.36. The molecule has 1 aliphatic heterocycles. The summed E-state index contributed by atoms with van der Waals surface area (Å²) in [7, 11) is 4.37. The molecule has 38 heavy (non-hydrogen) atoms. The number of ether oxygens (including phenoxy) is 4. The van der Waals surface area contributed by atoms with E-state index in [1.807, 2.05) is 12.1 Å². The van der Waals surface area contributed by atoms with Crippen LogP contribution in [0, 0.1) is 0 Å². The Kier molecular flexibility index (Phi) is 8.50. The highest BCUT2D eigenvalue weighted by Crippen LogP contribution is 2.33. The highest BCUT2D eigenvalue weighted by molar-refractivity contribution is 7.80. The summed E-state index contributed by atoms with van der Waals surface area (Å²) in [6, 6.07) is 19.5. The van der Waals surface area contributed by atoms with Crippen LogP contribution in [0.5, 0.6) is 17.2 Å². The van der Waals surface area contributed by atoms with Gasteiger partial charge in [-0.25, -0.2) is 0 Å². The second-order valence-corrected chi connectivity index (χ2v) is 8.94. The van der Waals surface area contributed by atoms with Crippen molar-refractivity contribution in [1.29, 1.82) is 0 Å². The van der Waals surface area contributed by atoms with Crippen molar-refractivity contribution in [3.63, 3.8) is 0 Å². The highest BCUT2D eigenvalue weighted by Gasteiger charge is 2.40. The van der Waals surface area contributed by atoms with Gasteiger partial charge in [0.05, 0.1) is 27.0 Å². The molecule has 1 amide bonds. The van der Waals surface area contributed by atoms with Gasteiger partial charge in [0.15, 0.2) is 16.6 Å². The molecule has 3 aromatic carbocycles. The smallest absolute Gasteiger partial charge is 0.325 e. The number of hydrogen-bond acceptors (Lipinski definition) is 7. The van der Waals surface area contributed by atoms with E-state index >= 15 is 0 Å². The highest BCUT2D eigenvalue weighted by atomic mass is 35.5. The number of amides is 1. The molecule has 0 N–H and O–H groups in total. The van der Waals surface area contributed by atoms with Crippen molar-refractivity contribution in [2.24, 2.45) is 0 Å². The number of hydrogen-bond donors (Lipinski definition) is 0. The fourth-order valence-corrected chi connectivity index (χ4v) is 4.26. The van der Waals surface area contributed by atoms with Crippen LogP contribution in [0.25, 0.3) is 6.08 Å². The first-order valence-electron chi connectivity index (χ1n) is 11.5. The van der Waals surface area contributed by atoms with Crippen molar-refractivity contribution < 1.29 is 28.5 Å². The van der Waals surface area contributed by atoms with Crippen LogP contribution < -0.4 is 19.1 Å². The Bertz CT molecular complexity index is 1380. The van der Waals surface area contributed by atoms with Gasteiger partial charge >= 0.3 is 5.97 Å². The van der Waals surface area contributed by atoms with E-state index in [0.717, 1.165) is 5.56 Å². The predicted octanol–water partition coefficient (Wildman–Crippen LogP) is 5.08. The van der Waals surface area contributed by atoms with E-state index in [0.29, 0.717) is 40.1 Å². The van der Waals surface area contributed by atoms with E-state index in [2.05, 4.69) is 0 Å². The molecule has 0 radical (unpaired) electrons. The Labute approximate surface area is 230 Å². The molecule has 10 heteroatoms. The number of carbonyl (C=O) groups excluding carboxylic acids is 2. The Morgan fingerprint density at radius 3 is 2.29 bits per heavy atom. The van der Waals surface area contributed by atoms with Crippen molar-refractivity contribution >= 4 is 52.6 Å². The first-order valence-corrected chi connectivity index (χ1v) is 12.3. The third kappa shape index (κ3) is 5.90. The van der Waals surface area contributed by atoms with Crippen LogP contribution in [0.2, 0.25) is 5.02 Å². The summed E-state index contributed by atoms with van der Waals surface area (Å²) in [5.74, 6) is 0.730. The number of nitrogens with zero attached hydrogens (tertiary/aromatic N) is 2. The third-order valence-electron chi connectivity index (χ3n) is 5.78. The molecule has 1 fully saturated rings. The molecule has 3 aromatic rings. The summed E-state index contributed by atoms with van der Waals surface area (Å²) >= 11 is 11.5. The second kappa shape index (κ2) is 12.0. The summed E-state index contributed by atoms with van der Waals surface area (Å²) in [4.78, 5) is 28.5. The monoisotopic (exact) mass is 552 g/mol. The number of benzene rings is 3. The van der Waals surface area contributed by atoms with Crippen molar-refractivity contribution in [3.05, 3.63) is 88.6 Å². The number of thiocarbonyl (C=S) groups is 1. The quantitative estimate of drug-likeness (QED) is 0.206. The van der Waals surface area contributed by atoms with Gasteiger partial charge in [-0.2, -0.15) is 0 Å². The zero-order valence-corrected chi connectivity index (χ0v) is 22.5. The van der Waals surface area contributed by atoms with Crippen molar-refractivity contribution in [2.75, 3.05) is 32.8 Å². The summed E-state index contributed by atoms with van der Waals surface area (Å²) < 4.78 is 21.5. The van der Waals surface area contributed by atoms with Gasteiger partial charge in [-0.3, -0.25) is 14.5 Å². The van der Waals surface area contributed by atoms with Crippen LogP contribution in [-0.2, 0) is 20.9 Å². The molecule has 8 nitrogen and oxygen atoms in total. The zero-order chi connectivity index (χ0) is 27.2. The minimum absolute atomic E-state index is 0.159. The lowest BCUT2D eigenvalue weighted by Crippen LogP contribution is -2.35. The Morgan fingerprint density at radius 1 is 0.947 bits per heavy atom. The van der Waals surface area contributed by atoms with Crippen LogP contribution in [0.3, 0.4) is 0 Å². The molecule has 0 aliphatic carbocycles. The molecule has 0 unspecified atom stereocenters. The molecule has 196 valence electrons. The van der Waals surface area contributed by atoms with E-state index in [1.54, 1.807) is 67.8 Å². The molecule has 0 bridgehead atoms. The predicted molar refractivity (Wildman–Crippen MR) is 149 cm³/mol. The van der Waals surface area contributed by atoms with Crippen LogP contribution in [0.1, 0.15) is 11.1 Å². The number of halogens is 1. The van der Waals surface area contributed by atoms with Gasteiger partial charge in [0.25, 0.3) is 5.91 Å². The fourth-order valence-electron chi connectivity index (χ4n) is 3.78. The second-order valence-electron chi connectivity index (χ2n) is 8.14. The third-order valence-corrected chi connectivity index (χ3v) is 6.43. The number of carbonyl (C=O) groups is 2. The van der Waals surface area contributed by atoms with Gasteiger partial charge in [-0.1, -0.05) is 29.8 Å². The van der Waals surface area contributed by atoms with Crippen molar-refractivity contribution in [2.45, 2.75) is 6.61 Å². The number of anilines is 1. The molecule has 0 atom stereocenters. The molecule has 1 saturated heterocycles. The summed E-state index contributed by atoms with van der Waals surface area (Å²) in [5, 5.41) is 0.808. The van der Waals surface area contributed by atoms with Gasteiger partial charge in [-0.15, -0.1) is 0 Å². The van der Waals surface area contributed by atoms with Crippen LogP contribution in [0.15, 0.2) is 72.4 Å². The summed E-state index contributed by atoms with van der Waals surface area (Å²) in [6.07, 6.45) is 1.65.